The first-order chi connectivity index (χ1) is 10.1. The molecule has 0 fully saturated rings. The summed E-state index contributed by atoms with van der Waals surface area (Å²) in [5.41, 5.74) is 1.20. The van der Waals surface area contributed by atoms with E-state index in [1.165, 1.54) is 0 Å². The standard InChI is InChI=1S/C15H14F2N2O2/c16-12-5-6-13(17)14(7-12)19-15(21)18-8-10-3-1-2-4-11(10)9-20/h1-7,20H,8-9H2,(H2,18,19,21). The lowest BCUT2D eigenvalue weighted by Gasteiger charge is -2.10. The molecule has 0 radical (unpaired) electrons. The van der Waals surface area contributed by atoms with Crippen LogP contribution in [0.4, 0.5) is 19.3 Å². The quantitative estimate of drug-likeness (QED) is 0.811. The molecule has 0 saturated carbocycles. The van der Waals surface area contributed by atoms with E-state index in [0.29, 0.717) is 5.56 Å². The molecule has 0 aromatic heterocycles. The van der Waals surface area contributed by atoms with Gasteiger partial charge in [-0.2, -0.15) is 0 Å². The van der Waals surface area contributed by atoms with Gasteiger partial charge in [-0.25, -0.2) is 13.6 Å². The second-order valence-corrected chi connectivity index (χ2v) is 4.36. The number of aliphatic hydroxyl groups is 1. The van der Waals surface area contributed by atoms with Crippen molar-refractivity contribution >= 4 is 11.7 Å². The van der Waals surface area contributed by atoms with E-state index in [1.807, 2.05) is 0 Å². The maximum Gasteiger partial charge on any atom is 0.319 e. The van der Waals surface area contributed by atoms with Crippen LogP contribution in [0.3, 0.4) is 0 Å². The molecule has 0 unspecified atom stereocenters. The number of benzene rings is 2. The number of anilines is 1. The van der Waals surface area contributed by atoms with Crippen molar-refractivity contribution in [2.75, 3.05) is 5.32 Å². The molecular formula is C15H14F2N2O2. The first kappa shape index (κ1) is 14.9. The SMILES string of the molecule is O=C(NCc1ccccc1CO)Nc1cc(F)ccc1F. The van der Waals surface area contributed by atoms with Crippen molar-refractivity contribution in [3.63, 3.8) is 0 Å². The van der Waals surface area contributed by atoms with Crippen molar-refractivity contribution in [1.82, 2.24) is 5.32 Å². The molecule has 110 valence electrons. The van der Waals surface area contributed by atoms with Crippen LogP contribution in [0.2, 0.25) is 0 Å². The number of hydrogen-bond donors (Lipinski definition) is 3. The van der Waals surface area contributed by atoms with Crippen LogP contribution in [0, 0.1) is 11.6 Å². The minimum absolute atomic E-state index is 0.141. The topological polar surface area (TPSA) is 61.4 Å². The summed E-state index contributed by atoms with van der Waals surface area (Å²) in [6, 6.07) is 9.19. The van der Waals surface area contributed by atoms with Gasteiger partial charge in [-0.15, -0.1) is 0 Å². The lowest BCUT2D eigenvalue weighted by Crippen LogP contribution is -2.29. The summed E-state index contributed by atoms with van der Waals surface area (Å²) >= 11 is 0. The Morgan fingerprint density at radius 3 is 2.52 bits per heavy atom. The minimum Gasteiger partial charge on any atom is -0.392 e. The molecule has 0 aliphatic rings. The van der Waals surface area contributed by atoms with Gasteiger partial charge in [0.05, 0.1) is 12.3 Å². The fourth-order valence-corrected chi connectivity index (χ4v) is 1.82. The molecule has 0 saturated heterocycles. The van der Waals surface area contributed by atoms with E-state index in [9.17, 15) is 13.6 Å². The van der Waals surface area contributed by atoms with Gasteiger partial charge in [-0.1, -0.05) is 24.3 Å². The predicted molar refractivity (Wildman–Crippen MR) is 74.6 cm³/mol. The number of amides is 2. The molecule has 2 aromatic carbocycles. The molecule has 0 atom stereocenters. The van der Waals surface area contributed by atoms with E-state index < -0.39 is 17.7 Å². The van der Waals surface area contributed by atoms with Gasteiger partial charge >= 0.3 is 6.03 Å². The van der Waals surface area contributed by atoms with Crippen molar-refractivity contribution in [1.29, 1.82) is 0 Å². The van der Waals surface area contributed by atoms with Crippen LogP contribution in [0.5, 0.6) is 0 Å². The monoisotopic (exact) mass is 292 g/mol. The third kappa shape index (κ3) is 4.00. The van der Waals surface area contributed by atoms with Gasteiger partial charge in [0.15, 0.2) is 0 Å². The molecule has 0 bridgehead atoms. The van der Waals surface area contributed by atoms with Crippen molar-refractivity contribution in [2.24, 2.45) is 0 Å². The molecule has 2 amide bonds. The lowest BCUT2D eigenvalue weighted by molar-refractivity contribution is 0.251. The predicted octanol–water partition coefficient (Wildman–Crippen LogP) is 2.78. The van der Waals surface area contributed by atoms with Crippen LogP contribution in [0.15, 0.2) is 42.5 Å². The summed E-state index contributed by atoms with van der Waals surface area (Å²) in [5, 5.41) is 13.9. The maximum absolute atomic E-state index is 13.4. The molecule has 0 aliphatic carbocycles. The number of halogens is 2. The van der Waals surface area contributed by atoms with Crippen LogP contribution < -0.4 is 10.6 Å². The van der Waals surface area contributed by atoms with Crippen molar-refractivity contribution in [3.8, 4) is 0 Å². The van der Waals surface area contributed by atoms with E-state index in [4.69, 9.17) is 5.11 Å². The number of urea groups is 1. The molecule has 6 heteroatoms. The van der Waals surface area contributed by atoms with Gasteiger partial charge in [0.25, 0.3) is 0 Å². The van der Waals surface area contributed by atoms with Gasteiger partial charge in [0.1, 0.15) is 11.6 Å². The van der Waals surface area contributed by atoms with Gasteiger partial charge in [0.2, 0.25) is 0 Å². The largest absolute Gasteiger partial charge is 0.392 e. The van der Waals surface area contributed by atoms with Crippen molar-refractivity contribution in [2.45, 2.75) is 13.2 Å². The highest BCUT2D eigenvalue weighted by molar-refractivity contribution is 5.89. The Bertz CT molecular complexity index is 647. The summed E-state index contributed by atoms with van der Waals surface area (Å²) in [6.45, 7) is 0.0253. The molecule has 4 nitrogen and oxygen atoms in total. The summed E-state index contributed by atoms with van der Waals surface area (Å²) in [4.78, 5) is 11.7. The molecule has 0 heterocycles. The molecule has 0 spiro atoms. The van der Waals surface area contributed by atoms with Crippen LogP contribution >= 0.6 is 0 Å². The number of aliphatic hydroxyl groups excluding tert-OH is 1. The smallest absolute Gasteiger partial charge is 0.319 e. The highest BCUT2D eigenvalue weighted by Gasteiger charge is 2.08. The Labute approximate surface area is 120 Å². The molecule has 2 aromatic rings. The summed E-state index contributed by atoms with van der Waals surface area (Å²) in [6.07, 6.45) is 0. The fourth-order valence-electron chi connectivity index (χ4n) is 1.82. The van der Waals surface area contributed by atoms with Gasteiger partial charge in [-0.05, 0) is 23.3 Å². The third-order valence-corrected chi connectivity index (χ3v) is 2.90. The number of rotatable bonds is 4. The number of carbonyl (C=O) groups is 1. The van der Waals surface area contributed by atoms with Gasteiger partial charge in [-0.3, -0.25) is 0 Å². The highest BCUT2D eigenvalue weighted by atomic mass is 19.1. The normalized spacial score (nSPS) is 10.2. The van der Waals surface area contributed by atoms with Crippen LogP contribution in [-0.2, 0) is 13.2 Å². The zero-order valence-corrected chi connectivity index (χ0v) is 11.1. The molecule has 3 N–H and O–H groups in total. The first-order valence-electron chi connectivity index (χ1n) is 6.27. The number of carbonyl (C=O) groups excluding carboxylic acids is 1. The Hall–Kier alpha value is -2.47. The summed E-state index contributed by atoms with van der Waals surface area (Å²) in [5.74, 6) is -1.36. The number of nitrogens with one attached hydrogen (secondary N) is 2. The Morgan fingerprint density at radius 2 is 1.81 bits per heavy atom. The summed E-state index contributed by atoms with van der Waals surface area (Å²) in [7, 11) is 0. The Morgan fingerprint density at radius 1 is 1.10 bits per heavy atom. The zero-order chi connectivity index (χ0) is 15.2. The Kier molecular flexibility index (Phi) is 4.84. The molecule has 2 rings (SSSR count). The van der Waals surface area contributed by atoms with E-state index in [2.05, 4.69) is 10.6 Å². The lowest BCUT2D eigenvalue weighted by atomic mass is 10.1. The second kappa shape index (κ2) is 6.81. The van der Waals surface area contributed by atoms with E-state index in [0.717, 1.165) is 23.8 Å². The molecular weight excluding hydrogens is 278 g/mol. The fraction of sp³-hybridized carbons (Fsp3) is 0.133. The maximum atomic E-state index is 13.4. The van der Waals surface area contributed by atoms with Crippen LogP contribution in [0.1, 0.15) is 11.1 Å². The average Bonchev–Trinajstić information content (AvgIpc) is 2.49. The number of hydrogen-bond acceptors (Lipinski definition) is 2. The van der Waals surface area contributed by atoms with Gasteiger partial charge < -0.3 is 15.7 Å². The molecule has 0 aliphatic heterocycles. The van der Waals surface area contributed by atoms with Crippen LogP contribution in [-0.4, -0.2) is 11.1 Å². The molecule has 21 heavy (non-hydrogen) atoms. The third-order valence-electron chi connectivity index (χ3n) is 2.90. The Balaban J connectivity index is 1.97. The van der Waals surface area contributed by atoms with E-state index in [-0.39, 0.29) is 18.8 Å². The van der Waals surface area contributed by atoms with E-state index in [1.54, 1.807) is 24.3 Å². The first-order valence-corrected chi connectivity index (χ1v) is 6.27. The van der Waals surface area contributed by atoms with E-state index >= 15 is 0 Å². The minimum atomic E-state index is -0.720. The van der Waals surface area contributed by atoms with Crippen molar-refractivity contribution < 1.29 is 18.7 Å². The van der Waals surface area contributed by atoms with Crippen LogP contribution in [0.25, 0.3) is 0 Å². The second-order valence-electron chi connectivity index (χ2n) is 4.36. The van der Waals surface area contributed by atoms with Crippen molar-refractivity contribution in [3.05, 3.63) is 65.2 Å². The summed E-state index contributed by atoms with van der Waals surface area (Å²) < 4.78 is 26.4. The van der Waals surface area contributed by atoms with Gasteiger partial charge in [0, 0.05) is 12.6 Å². The average molecular weight is 292 g/mol. The zero-order valence-electron chi connectivity index (χ0n) is 11.1. The highest BCUT2D eigenvalue weighted by Crippen LogP contribution is 2.15.